The van der Waals surface area contributed by atoms with Gasteiger partial charge in [-0.25, -0.2) is 4.98 Å². The van der Waals surface area contributed by atoms with Crippen LogP contribution in [0.15, 0.2) is 66.2 Å². The highest BCUT2D eigenvalue weighted by Crippen LogP contribution is 2.28. The Bertz CT molecular complexity index is 1060. The van der Waals surface area contributed by atoms with Crippen LogP contribution in [0.2, 0.25) is 0 Å². The fourth-order valence-corrected chi connectivity index (χ4v) is 4.86. The summed E-state index contributed by atoms with van der Waals surface area (Å²) in [5.74, 6) is 1.66. The molecule has 0 N–H and O–H groups in total. The van der Waals surface area contributed by atoms with Gasteiger partial charge < -0.3 is 14.5 Å². The normalized spacial score (nSPS) is 19.4. The number of ether oxygens (including phenoxy) is 1. The van der Waals surface area contributed by atoms with E-state index in [9.17, 15) is 9.59 Å². The van der Waals surface area contributed by atoms with Crippen LogP contribution in [-0.2, 0) is 4.79 Å². The highest BCUT2D eigenvalue weighted by molar-refractivity contribution is 7.11. The molecule has 2 aromatic carbocycles. The Morgan fingerprint density at radius 1 is 0.969 bits per heavy atom. The molecule has 2 amide bonds. The fourth-order valence-electron chi connectivity index (χ4n) is 4.26. The molecular formula is C24H24N4O3S. The third-order valence-electron chi connectivity index (χ3n) is 5.97. The van der Waals surface area contributed by atoms with Gasteiger partial charge in [-0.05, 0) is 36.4 Å². The summed E-state index contributed by atoms with van der Waals surface area (Å²) in [6.07, 6.45) is 2.16. The lowest BCUT2D eigenvalue weighted by molar-refractivity contribution is -0.117. The van der Waals surface area contributed by atoms with Gasteiger partial charge in [-0.3, -0.25) is 14.5 Å². The van der Waals surface area contributed by atoms with Crippen molar-refractivity contribution >= 4 is 28.8 Å². The van der Waals surface area contributed by atoms with Crippen molar-refractivity contribution in [1.82, 2.24) is 14.8 Å². The Kier molecular flexibility index (Phi) is 5.87. The third-order valence-corrected chi connectivity index (χ3v) is 6.73. The molecule has 0 saturated carbocycles. The monoisotopic (exact) mass is 448 g/mol. The van der Waals surface area contributed by atoms with Crippen LogP contribution in [0.1, 0.15) is 16.2 Å². The molecule has 0 spiro atoms. The maximum absolute atomic E-state index is 12.7. The molecule has 5 rings (SSSR count). The molecular weight excluding hydrogens is 424 g/mol. The lowest BCUT2D eigenvalue weighted by Crippen LogP contribution is -2.52. The first-order valence-electron chi connectivity index (χ1n) is 10.7. The van der Waals surface area contributed by atoms with Crippen LogP contribution in [0.5, 0.6) is 11.5 Å². The number of para-hydroxylation sites is 1. The molecule has 1 aromatic heterocycles. The molecule has 1 atom stereocenters. The molecule has 1 unspecified atom stereocenters. The first-order valence-corrected chi connectivity index (χ1v) is 11.6. The lowest BCUT2D eigenvalue weighted by atomic mass is 10.2. The third kappa shape index (κ3) is 4.37. The second kappa shape index (κ2) is 9.10. The molecule has 7 nitrogen and oxygen atoms in total. The molecule has 2 saturated heterocycles. The number of nitrogens with zero attached hydrogens (tertiary/aromatic N) is 4. The number of carbonyl (C=O) groups is 2. The van der Waals surface area contributed by atoms with Crippen molar-refractivity contribution in [2.24, 2.45) is 0 Å². The standard InChI is InChI=1S/C24H24N4O3S/c29-22-16-19(26-11-13-27(14-12-26)24(30)23-25-10-15-32-23)17-28(22)18-6-8-21(9-7-18)31-20-4-2-1-3-5-20/h1-10,15,19H,11-14,16-17H2. The number of benzene rings is 2. The minimum Gasteiger partial charge on any atom is -0.457 e. The minimum absolute atomic E-state index is 0.00147. The summed E-state index contributed by atoms with van der Waals surface area (Å²) in [6, 6.07) is 17.5. The molecule has 0 bridgehead atoms. The summed E-state index contributed by atoms with van der Waals surface area (Å²) in [5, 5.41) is 2.36. The first kappa shape index (κ1) is 20.7. The van der Waals surface area contributed by atoms with E-state index in [1.54, 1.807) is 6.20 Å². The Morgan fingerprint density at radius 2 is 1.69 bits per heavy atom. The largest absolute Gasteiger partial charge is 0.457 e. The number of rotatable bonds is 5. The number of piperazine rings is 1. The number of amides is 2. The summed E-state index contributed by atoms with van der Waals surface area (Å²) >= 11 is 1.37. The van der Waals surface area contributed by atoms with Crippen LogP contribution >= 0.6 is 11.3 Å². The van der Waals surface area contributed by atoms with Gasteiger partial charge in [0, 0.05) is 62.5 Å². The Morgan fingerprint density at radius 3 is 2.38 bits per heavy atom. The molecule has 164 valence electrons. The molecule has 3 aromatic rings. The SMILES string of the molecule is O=C(c1nccs1)N1CCN(C2CC(=O)N(c3ccc(Oc4ccccc4)cc3)C2)CC1. The average Bonchev–Trinajstić information content (AvgIpc) is 3.50. The Hall–Kier alpha value is -3.23. The maximum Gasteiger partial charge on any atom is 0.282 e. The predicted molar refractivity (Wildman–Crippen MR) is 123 cm³/mol. The molecule has 32 heavy (non-hydrogen) atoms. The van der Waals surface area contributed by atoms with E-state index in [1.165, 1.54) is 11.3 Å². The zero-order valence-corrected chi connectivity index (χ0v) is 18.4. The van der Waals surface area contributed by atoms with E-state index in [0.29, 0.717) is 31.1 Å². The average molecular weight is 449 g/mol. The number of anilines is 1. The van der Waals surface area contributed by atoms with Crippen LogP contribution < -0.4 is 9.64 Å². The molecule has 0 radical (unpaired) electrons. The summed E-state index contributed by atoms with van der Waals surface area (Å²) < 4.78 is 5.85. The zero-order chi connectivity index (χ0) is 21.9. The van der Waals surface area contributed by atoms with Crippen LogP contribution in [-0.4, -0.2) is 65.4 Å². The molecule has 3 heterocycles. The number of hydrogen-bond acceptors (Lipinski definition) is 6. The number of carbonyl (C=O) groups excluding carboxylic acids is 2. The highest BCUT2D eigenvalue weighted by Gasteiger charge is 2.36. The Balaban J connectivity index is 1.17. The van der Waals surface area contributed by atoms with E-state index in [-0.39, 0.29) is 17.9 Å². The van der Waals surface area contributed by atoms with Gasteiger partial charge in [0.15, 0.2) is 5.01 Å². The van der Waals surface area contributed by atoms with Gasteiger partial charge in [0.1, 0.15) is 11.5 Å². The number of aromatic nitrogens is 1. The van der Waals surface area contributed by atoms with Crippen molar-refractivity contribution in [3.05, 3.63) is 71.2 Å². The highest BCUT2D eigenvalue weighted by atomic mass is 32.1. The van der Waals surface area contributed by atoms with E-state index in [4.69, 9.17) is 4.74 Å². The Labute approximate surface area is 190 Å². The summed E-state index contributed by atoms with van der Waals surface area (Å²) in [7, 11) is 0. The maximum atomic E-state index is 12.7. The van der Waals surface area contributed by atoms with Gasteiger partial charge in [0.2, 0.25) is 5.91 Å². The van der Waals surface area contributed by atoms with Gasteiger partial charge in [-0.1, -0.05) is 18.2 Å². The van der Waals surface area contributed by atoms with Crippen LogP contribution in [0.25, 0.3) is 0 Å². The van der Waals surface area contributed by atoms with Crippen LogP contribution in [0, 0.1) is 0 Å². The van der Waals surface area contributed by atoms with Crippen molar-refractivity contribution in [3.63, 3.8) is 0 Å². The van der Waals surface area contributed by atoms with Gasteiger partial charge in [0.25, 0.3) is 5.91 Å². The van der Waals surface area contributed by atoms with Crippen molar-refractivity contribution in [2.75, 3.05) is 37.6 Å². The second-order valence-electron chi connectivity index (χ2n) is 7.94. The van der Waals surface area contributed by atoms with E-state index in [1.807, 2.05) is 69.8 Å². The number of thiazole rings is 1. The second-order valence-corrected chi connectivity index (χ2v) is 8.83. The van der Waals surface area contributed by atoms with Gasteiger partial charge in [-0.15, -0.1) is 11.3 Å². The van der Waals surface area contributed by atoms with Crippen molar-refractivity contribution in [1.29, 1.82) is 0 Å². The van der Waals surface area contributed by atoms with Crippen LogP contribution in [0.4, 0.5) is 5.69 Å². The fraction of sp³-hybridized carbons (Fsp3) is 0.292. The van der Waals surface area contributed by atoms with Crippen molar-refractivity contribution < 1.29 is 14.3 Å². The van der Waals surface area contributed by atoms with E-state index in [2.05, 4.69) is 9.88 Å². The van der Waals surface area contributed by atoms with E-state index >= 15 is 0 Å². The van der Waals surface area contributed by atoms with E-state index in [0.717, 1.165) is 30.3 Å². The number of hydrogen-bond donors (Lipinski definition) is 0. The molecule has 2 fully saturated rings. The molecule has 0 aliphatic carbocycles. The predicted octanol–water partition coefficient (Wildman–Crippen LogP) is 3.50. The molecule has 8 heteroatoms. The van der Waals surface area contributed by atoms with E-state index < -0.39 is 0 Å². The summed E-state index contributed by atoms with van der Waals surface area (Å²) in [4.78, 5) is 35.4. The van der Waals surface area contributed by atoms with Gasteiger partial charge >= 0.3 is 0 Å². The topological polar surface area (TPSA) is 66.0 Å². The van der Waals surface area contributed by atoms with Gasteiger partial charge in [-0.2, -0.15) is 0 Å². The van der Waals surface area contributed by atoms with Crippen LogP contribution in [0.3, 0.4) is 0 Å². The zero-order valence-electron chi connectivity index (χ0n) is 17.6. The molecule has 2 aliphatic rings. The van der Waals surface area contributed by atoms with Crippen molar-refractivity contribution in [3.8, 4) is 11.5 Å². The quantitative estimate of drug-likeness (QED) is 0.598. The molecule has 2 aliphatic heterocycles. The van der Waals surface area contributed by atoms with Gasteiger partial charge in [0.05, 0.1) is 0 Å². The minimum atomic E-state index is 0.00147. The lowest BCUT2D eigenvalue weighted by Gasteiger charge is -2.37. The summed E-state index contributed by atoms with van der Waals surface area (Å²) in [5.41, 5.74) is 0.885. The first-order chi connectivity index (χ1) is 15.7. The van der Waals surface area contributed by atoms with Crippen molar-refractivity contribution in [2.45, 2.75) is 12.5 Å². The summed E-state index contributed by atoms with van der Waals surface area (Å²) in [6.45, 7) is 3.53. The smallest absolute Gasteiger partial charge is 0.282 e.